The van der Waals surface area contributed by atoms with E-state index in [1.165, 1.54) is 29.0 Å². The fourth-order valence-corrected chi connectivity index (χ4v) is 4.34. The lowest BCUT2D eigenvalue weighted by Crippen LogP contribution is -2.38. The third-order valence-electron chi connectivity index (χ3n) is 4.36. The third kappa shape index (κ3) is 3.88. The molecule has 0 amide bonds. The summed E-state index contributed by atoms with van der Waals surface area (Å²) in [5, 5.41) is 9.15. The summed E-state index contributed by atoms with van der Waals surface area (Å²) in [7, 11) is -3.35. The monoisotopic (exact) mass is 376 g/mol. The van der Waals surface area contributed by atoms with E-state index in [1.54, 1.807) is 13.0 Å². The van der Waals surface area contributed by atoms with E-state index >= 15 is 0 Å². The molecule has 3 rings (SSSR count). The molecule has 1 fully saturated rings. The van der Waals surface area contributed by atoms with E-state index in [1.807, 2.05) is 0 Å². The molecule has 2 aromatic rings. The highest BCUT2D eigenvalue weighted by Crippen LogP contribution is 2.33. The minimum Gasteiger partial charge on any atom is -0.478 e. The van der Waals surface area contributed by atoms with E-state index in [0.717, 1.165) is 12.8 Å². The lowest BCUT2D eigenvalue weighted by Gasteiger charge is -2.33. The van der Waals surface area contributed by atoms with Crippen LogP contribution in [0.25, 0.3) is 11.3 Å². The Balaban J connectivity index is 2.05. The number of aryl methyl sites for hydroxylation is 1. The first kappa shape index (κ1) is 18.4. The van der Waals surface area contributed by atoms with Crippen LogP contribution >= 0.6 is 0 Å². The molecule has 1 atom stereocenters. The molecule has 0 radical (unpaired) electrons. The second-order valence-electron chi connectivity index (χ2n) is 6.38. The van der Waals surface area contributed by atoms with E-state index in [0.29, 0.717) is 35.7 Å². The van der Waals surface area contributed by atoms with Crippen LogP contribution in [0.15, 0.2) is 24.5 Å². The van der Waals surface area contributed by atoms with Crippen molar-refractivity contribution in [3.63, 3.8) is 0 Å². The minimum absolute atomic E-state index is 0.0655. The van der Waals surface area contributed by atoms with Gasteiger partial charge in [-0.05, 0) is 31.9 Å². The zero-order valence-corrected chi connectivity index (χ0v) is 15.4. The van der Waals surface area contributed by atoms with E-state index in [4.69, 9.17) is 5.11 Å². The number of aromatic nitrogens is 3. The first-order valence-electron chi connectivity index (χ1n) is 8.27. The van der Waals surface area contributed by atoms with Crippen LogP contribution < -0.4 is 0 Å². The van der Waals surface area contributed by atoms with Gasteiger partial charge in [-0.25, -0.2) is 23.2 Å². The molecule has 0 bridgehead atoms. The molecule has 0 saturated carbocycles. The number of hydrogen-bond acceptors (Lipinski definition) is 6. The fourth-order valence-electron chi connectivity index (χ4n) is 3.20. The van der Waals surface area contributed by atoms with Crippen molar-refractivity contribution in [1.82, 2.24) is 19.3 Å². The summed E-state index contributed by atoms with van der Waals surface area (Å²) in [4.78, 5) is 24.0. The van der Waals surface area contributed by atoms with Crippen LogP contribution in [0.4, 0.5) is 0 Å². The van der Waals surface area contributed by atoms with Crippen molar-refractivity contribution in [2.45, 2.75) is 32.2 Å². The van der Waals surface area contributed by atoms with Gasteiger partial charge in [0.15, 0.2) is 0 Å². The maximum atomic E-state index is 12.1. The quantitative estimate of drug-likeness (QED) is 0.868. The molecule has 2 aromatic heterocycles. The van der Waals surface area contributed by atoms with Crippen LogP contribution in [0.3, 0.4) is 0 Å². The molecule has 1 aliphatic rings. The van der Waals surface area contributed by atoms with Crippen molar-refractivity contribution < 1.29 is 18.3 Å². The number of hydrogen-bond donors (Lipinski definition) is 1. The number of sulfonamides is 1. The Morgan fingerprint density at radius 2 is 2.00 bits per heavy atom. The van der Waals surface area contributed by atoms with E-state index in [2.05, 4.69) is 15.0 Å². The Kier molecular flexibility index (Phi) is 5.01. The van der Waals surface area contributed by atoms with Crippen molar-refractivity contribution in [1.29, 1.82) is 0 Å². The Morgan fingerprint density at radius 3 is 2.69 bits per heavy atom. The molecule has 9 heteroatoms. The van der Waals surface area contributed by atoms with Gasteiger partial charge in [-0.3, -0.25) is 4.98 Å². The largest absolute Gasteiger partial charge is 0.478 e. The van der Waals surface area contributed by atoms with Gasteiger partial charge in [0.25, 0.3) is 0 Å². The van der Waals surface area contributed by atoms with Gasteiger partial charge in [-0.1, -0.05) is 6.42 Å². The van der Waals surface area contributed by atoms with Crippen molar-refractivity contribution in [3.05, 3.63) is 41.6 Å². The molecule has 26 heavy (non-hydrogen) atoms. The fraction of sp³-hybridized carbons (Fsp3) is 0.412. The smallest absolute Gasteiger partial charge is 0.337 e. The number of carboxylic acids is 1. The molecule has 0 aliphatic carbocycles. The maximum absolute atomic E-state index is 12.1. The van der Waals surface area contributed by atoms with Gasteiger partial charge in [0.1, 0.15) is 5.82 Å². The van der Waals surface area contributed by atoms with Gasteiger partial charge < -0.3 is 5.11 Å². The van der Waals surface area contributed by atoms with Crippen LogP contribution in [-0.2, 0) is 10.0 Å². The molecule has 138 valence electrons. The molecule has 1 saturated heterocycles. The highest BCUT2D eigenvalue weighted by atomic mass is 32.2. The summed E-state index contributed by atoms with van der Waals surface area (Å²) in [6, 6.07) is 2.88. The molecule has 8 nitrogen and oxygen atoms in total. The number of aromatic carboxylic acids is 1. The van der Waals surface area contributed by atoms with E-state index in [9.17, 15) is 13.2 Å². The van der Waals surface area contributed by atoms with Crippen LogP contribution in [-0.4, -0.2) is 51.6 Å². The summed E-state index contributed by atoms with van der Waals surface area (Å²) < 4.78 is 25.8. The second-order valence-corrected chi connectivity index (χ2v) is 8.31. The van der Waals surface area contributed by atoms with Crippen molar-refractivity contribution in [2.24, 2.45) is 0 Å². The normalized spacial score (nSPS) is 18.6. The van der Waals surface area contributed by atoms with Gasteiger partial charge in [0.05, 0.1) is 29.2 Å². The molecule has 1 aliphatic heterocycles. The Hall–Kier alpha value is -2.39. The topological polar surface area (TPSA) is 113 Å². The van der Waals surface area contributed by atoms with Crippen molar-refractivity contribution >= 4 is 16.0 Å². The zero-order valence-electron chi connectivity index (χ0n) is 14.6. The number of carbonyl (C=O) groups is 1. The Labute approximate surface area is 152 Å². The first-order valence-corrected chi connectivity index (χ1v) is 10.1. The molecular formula is C17H20N4O4S. The standard InChI is InChI=1S/C17H20N4O4S/c1-11-19-14(12-7-13(17(22)23)10-18-9-12)8-15(20-11)16-5-3-4-6-21(16)26(2,24)25/h7-10,16H,3-6H2,1-2H3,(H,22,23)/t16-/m0/s1. The molecule has 0 unspecified atom stereocenters. The van der Waals surface area contributed by atoms with Crippen LogP contribution in [0, 0.1) is 6.92 Å². The van der Waals surface area contributed by atoms with Gasteiger partial charge in [-0.2, -0.15) is 4.31 Å². The van der Waals surface area contributed by atoms with Crippen molar-refractivity contribution in [3.8, 4) is 11.3 Å². The predicted octanol–water partition coefficient (Wildman–Crippen LogP) is 2.03. The first-order chi connectivity index (χ1) is 12.3. The zero-order chi connectivity index (χ0) is 18.9. The summed E-state index contributed by atoms with van der Waals surface area (Å²) in [6.07, 6.45) is 6.45. The Bertz CT molecular complexity index is 946. The predicted molar refractivity (Wildman–Crippen MR) is 95.1 cm³/mol. The van der Waals surface area contributed by atoms with Gasteiger partial charge in [-0.15, -0.1) is 0 Å². The van der Waals surface area contributed by atoms with Gasteiger partial charge in [0.2, 0.25) is 10.0 Å². The number of carboxylic acid groups (broad SMARTS) is 1. The minimum atomic E-state index is -3.35. The maximum Gasteiger partial charge on any atom is 0.337 e. The van der Waals surface area contributed by atoms with Crippen LogP contribution in [0.2, 0.25) is 0 Å². The van der Waals surface area contributed by atoms with Crippen LogP contribution in [0.1, 0.15) is 47.2 Å². The molecule has 3 heterocycles. The summed E-state index contributed by atoms with van der Waals surface area (Å²) in [5.41, 5.74) is 1.77. The van der Waals surface area contributed by atoms with Crippen molar-refractivity contribution in [2.75, 3.05) is 12.8 Å². The SMILES string of the molecule is Cc1nc(-c2cncc(C(=O)O)c2)cc([C@@H]2CCCCN2S(C)(=O)=O)n1. The van der Waals surface area contributed by atoms with E-state index in [-0.39, 0.29) is 11.6 Å². The molecule has 0 aromatic carbocycles. The highest BCUT2D eigenvalue weighted by Gasteiger charge is 2.32. The second kappa shape index (κ2) is 7.08. The Morgan fingerprint density at radius 1 is 1.23 bits per heavy atom. The number of rotatable bonds is 4. The van der Waals surface area contributed by atoms with E-state index < -0.39 is 16.0 Å². The highest BCUT2D eigenvalue weighted by molar-refractivity contribution is 7.88. The van der Waals surface area contributed by atoms with Gasteiger partial charge in [0, 0.05) is 24.5 Å². The summed E-state index contributed by atoms with van der Waals surface area (Å²) in [6.45, 7) is 2.20. The average molecular weight is 376 g/mol. The number of pyridine rings is 1. The number of nitrogens with zero attached hydrogens (tertiary/aromatic N) is 4. The van der Waals surface area contributed by atoms with Gasteiger partial charge >= 0.3 is 5.97 Å². The summed E-state index contributed by atoms with van der Waals surface area (Å²) in [5.74, 6) is -0.571. The lowest BCUT2D eigenvalue weighted by atomic mass is 10.0. The van der Waals surface area contributed by atoms with Crippen LogP contribution in [0.5, 0.6) is 0 Å². The molecule has 1 N–H and O–H groups in total. The molecular weight excluding hydrogens is 356 g/mol. The third-order valence-corrected chi connectivity index (χ3v) is 5.65. The number of piperidine rings is 1. The summed E-state index contributed by atoms with van der Waals surface area (Å²) >= 11 is 0. The average Bonchev–Trinajstić information content (AvgIpc) is 2.60. The lowest BCUT2D eigenvalue weighted by molar-refractivity contribution is 0.0696. The molecule has 0 spiro atoms.